The normalized spacial score (nSPS) is 24.0. The molecule has 4 unspecified atom stereocenters. The highest BCUT2D eigenvalue weighted by Crippen LogP contribution is 2.24. The first-order valence-corrected chi connectivity index (χ1v) is 4.37. The maximum atomic E-state index is 9.47. The van der Waals surface area contributed by atoms with E-state index in [-0.39, 0.29) is 4.70 Å². The van der Waals surface area contributed by atoms with E-state index in [1.807, 2.05) is 0 Å². The summed E-state index contributed by atoms with van der Waals surface area (Å²) in [6, 6.07) is 0. The molecule has 0 fully saturated rings. The Balaban J connectivity index is 0. The van der Waals surface area contributed by atoms with Crippen LogP contribution in [-0.2, 0) is 0 Å². The van der Waals surface area contributed by atoms with Crippen molar-refractivity contribution in [1.82, 2.24) is 0 Å². The predicted molar refractivity (Wildman–Crippen MR) is 47.0 cm³/mol. The van der Waals surface area contributed by atoms with E-state index in [9.17, 15) is 20.4 Å². The molecule has 0 aliphatic rings. The molecule has 0 amide bonds. The van der Waals surface area contributed by atoms with Gasteiger partial charge in [0.1, 0.15) is 0 Å². The molecule has 0 aliphatic carbocycles. The number of aliphatic hydroxyl groups is 4. The lowest BCUT2D eigenvalue weighted by Crippen LogP contribution is -3.00. The van der Waals surface area contributed by atoms with Crippen LogP contribution in [0.4, 0.5) is 0 Å². The predicted octanol–water partition coefficient (Wildman–Crippen LogP) is -3.84. The van der Waals surface area contributed by atoms with Crippen molar-refractivity contribution in [3.63, 3.8) is 0 Å². The number of rotatable bonds is 4. The van der Waals surface area contributed by atoms with Gasteiger partial charge in [-0.05, 0) is 0 Å². The van der Waals surface area contributed by atoms with Gasteiger partial charge in [0.25, 0.3) is 0 Å². The molecule has 14 heavy (non-hydrogen) atoms. The Morgan fingerprint density at radius 3 is 0.786 bits per heavy atom. The molecule has 0 aromatic heterocycles. The zero-order chi connectivity index (χ0) is 10.8. The monoisotopic (exact) mass is 213 g/mol. The molecule has 0 spiro atoms. The maximum absolute atomic E-state index is 9.47. The molecule has 0 heterocycles. The summed E-state index contributed by atoms with van der Waals surface area (Å²) in [4.78, 5) is 0. The first kappa shape index (κ1) is 16.2. The molecular weight excluding hydrogens is 193 g/mol. The van der Waals surface area contributed by atoms with Gasteiger partial charge in [0.15, 0.2) is 24.9 Å². The van der Waals surface area contributed by atoms with Crippen molar-refractivity contribution in [3.05, 3.63) is 0 Å². The van der Waals surface area contributed by atoms with Crippen molar-refractivity contribution < 1.29 is 29.6 Å². The summed E-state index contributed by atoms with van der Waals surface area (Å²) >= 11 is 0. The molecule has 5 nitrogen and oxygen atoms in total. The Morgan fingerprint density at radius 2 is 0.786 bits per heavy atom. The minimum absolute atomic E-state index is 0. The summed E-state index contributed by atoms with van der Waals surface area (Å²) in [7, 11) is 0. The zero-order valence-corrected chi connectivity index (χ0v) is 8.92. The molecule has 0 saturated heterocycles. The highest BCUT2D eigenvalue weighted by Gasteiger charge is 2.46. The summed E-state index contributed by atoms with van der Waals surface area (Å²) < 4.78 is -0.556. The third-order valence-corrected chi connectivity index (χ3v) is 2.59. The van der Waals surface area contributed by atoms with Gasteiger partial charge in [0.2, 0.25) is 0 Å². The Morgan fingerprint density at radius 1 is 0.643 bits per heavy atom. The number of nitrogens with zero attached hydrogens (tertiary/aromatic N) is 1. The number of hydrogen-bond donors (Lipinski definition) is 4. The van der Waals surface area contributed by atoms with Crippen LogP contribution in [0.1, 0.15) is 27.7 Å². The first-order chi connectivity index (χ1) is 5.77. The largest absolute Gasteiger partial charge is 1.00 e. The van der Waals surface area contributed by atoms with E-state index in [1.165, 1.54) is 27.7 Å². The van der Waals surface area contributed by atoms with Gasteiger partial charge in [-0.25, -0.2) is 4.48 Å². The molecule has 6 heteroatoms. The average molecular weight is 213 g/mol. The van der Waals surface area contributed by atoms with Crippen LogP contribution < -0.4 is 4.70 Å². The lowest BCUT2D eigenvalue weighted by atomic mass is 10.2. The fourth-order valence-corrected chi connectivity index (χ4v) is 1.87. The SMILES string of the molecule is CC(O)[N+](C(C)O)(C(C)O)C(C)O.[F-]. The molecule has 0 bridgehead atoms. The molecule has 0 rings (SSSR count). The van der Waals surface area contributed by atoms with Gasteiger partial charge >= 0.3 is 0 Å². The highest BCUT2D eigenvalue weighted by molar-refractivity contribution is 4.47. The fourth-order valence-electron chi connectivity index (χ4n) is 1.87. The van der Waals surface area contributed by atoms with Crippen molar-refractivity contribution >= 4 is 0 Å². The highest BCUT2D eigenvalue weighted by atomic mass is 19.0. The van der Waals surface area contributed by atoms with Crippen molar-refractivity contribution in [1.29, 1.82) is 0 Å². The second-order valence-electron chi connectivity index (χ2n) is 3.42. The summed E-state index contributed by atoms with van der Waals surface area (Å²) in [5.74, 6) is 0. The van der Waals surface area contributed by atoms with Crippen LogP contribution in [0.3, 0.4) is 0 Å². The molecule has 4 N–H and O–H groups in total. The smallest absolute Gasteiger partial charge is 0.193 e. The van der Waals surface area contributed by atoms with E-state index in [2.05, 4.69) is 0 Å². The van der Waals surface area contributed by atoms with Gasteiger partial charge in [-0.1, -0.05) is 0 Å². The fraction of sp³-hybridized carbons (Fsp3) is 1.00. The molecule has 0 aliphatic heterocycles. The summed E-state index contributed by atoms with van der Waals surface area (Å²) in [5, 5.41) is 37.9. The lowest BCUT2D eigenvalue weighted by Gasteiger charge is -2.46. The molecule has 0 saturated carbocycles. The van der Waals surface area contributed by atoms with Crippen LogP contribution in [0, 0.1) is 0 Å². The molecule has 4 atom stereocenters. The van der Waals surface area contributed by atoms with Gasteiger partial charge < -0.3 is 25.1 Å². The van der Waals surface area contributed by atoms with Crippen LogP contribution in [-0.4, -0.2) is 49.8 Å². The lowest BCUT2D eigenvalue weighted by molar-refractivity contribution is -1.07. The second kappa shape index (κ2) is 5.57. The Labute approximate surface area is 83.2 Å². The zero-order valence-electron chi connectivity index (χ0n) is 8.92. The van der Waals surface area contributed by atoms with E-state index in [0.717, 1.165) is 0 Å². The van der Waals surface area contributed by atoms with Crippen molar-refractivity contribution in [2.45, 2.75) is 52.6 Å². The van der Waals surface area contributed by atoms with Crippen LogP contribution in [0.25, 0.3) is 0 Å². The van der Waals surface area contributed by atoms with Crippen LogP contribution in [0.5, 0.6) is 0 Å². The Kier molecular flexibility index (Phi) is 6.44. The van der Waals surface area contributed by atoms with E-state index in [4.69, 9.17) is 0 Å². The van der Waals surface area contributed by atoms with Gasteiger partial charge in [-0.3, -0.25) is 0 Å². The minimum atomic E-state index is -1.04. The average Bonchev–Trinajstić information content (AvgIpc) is 1.82. The summed E-state index contributed by atoms with van der Waals surface area (Å²) in [6.07, 6.45) is -4.17. The van der Waals surface area contributed by atoms with Crippen LogP contribution >= 0.6 is 0 Å². The van der Waals surface area contributed by atoms with Gasteiger partial charge in [0.05, 0.1) is 0 Å². The van der Waals surface area contributed by atoms with Gasteiger partial charge in [-0.15, -0.1) is 0 Å². The maximum Gasteiger partial charge on any atom is 0.193 e. The first-order valence-electron chi connectivity index (χ1n) is 4.37. The molecular formula is C8H20FNO4. The third kappa shape index (κ3) is 2.40. The standard InChI is InChI=1S/C8H20NO4.FH/c1-5(10)9(6(2)11,7(3)12)8(4)13;/h5-8,10-13H,1-4H3;1H/q+1;/p-1. The Bertz CT molecular complexity index is 124. The molecule has 0 radical (unpaired) electrons. The topological polar surface area (TPSA) is 80.9 Å². The summed E-state index contributed by atoms with van der Waals surface area (Å²) in [5.41, 5.74) is 0. The summed E-state index contributed by atoms with van der Waals surface area (Å²) in [6.45, 7) is 5.69. The van der Waals surface area contributed by atoms with Crippen molar-refractivity contribution in [3.8, 4) is 0 Å². The van der Waals surface area contributed by atoms with Crippen molar-refractivity contribution in [2.75, 3.05) is 0 Å². The van der Waals surface area contributed by atoms with Gasteiger partial charge in [-0.2, -0.15) is 0 Å². The number of aliphatic hydroxyl groups excluding tert-OH is 4. The van der Waals surface area contributed by atoms with E-state index in [1.54, 1.807) is 0 Å². The molecule has 0 aromatic carbocycles. The second-order valence-corrected chi connectivity index (χ2v) is 3.42. The quantitative estimate of drug-likeness (QED) is 0.285. The number of hydrogen-bond acceptors (Lipinski definition) is 4. The van der Waals surface area contributed by atoms with E-state index in [0.29, 0.717) is 0 Å². The van der Waals surface area contributed by atoms with Gasteiger partial charge in [0, 0.05) is 27.7 Å². The van der Waals surface area contributed by atoms with E-state index >= 15 is 0 Å². The molecule has 0 aromatic rings. The van der Waals surface area contributed by atoms with Crippen molar-refractivity contribution in [2.24, 2.45) is 0 Å². The number of quaternary nitrogens is 1. The number of halogens is 1. The minimum Gasteiger partial charge on any atom is -1.00 e. The van der Waals surface area contributed by atoms with E-state index < -0.39 is 29.4 Å². The molecule has 88 valence electrons. The Hall–Kier alpha value is -0.270. The van der Waals surface area contributed by atoms with Crippen LogP contribution in [0.15, 0.2) is 0 Å². The third-order valence-electron chi connectivity index (χ3n) is 2.59. The van der Waals surface area contributed by atoms with Crippen LogP contribution in [0.2, 0.25) is 0 Å².